The lowest BCUT2D eigenvalue weighted by molar-refractivity contribution is 0.0526. The van der Waals surface area contributed by atoms with Crippen LogP contribution < -0.4 is 10.1 Å². The number of fused-ring (bicyclic) bond motifs is 2. The van der Waals surface area contributed by atoms with Gasteiger partial charge in [0.2, 0.25) is 0 Å². The number of hydrogen-bond acceptors (Lipinski definition) is 6. The highest BCUT2D eigenvalue weighted by Crippen LogP contribution is 2.39. The van der Waals surface area contributed by atoms with Gasteiger partial charge >= 0.3 is 5.97 Å². The first-order valence-electron chi connectivity index (χ1n) is 12.0. The number of hydrogen-bond donors (Lipinski definition) is 1. The molecule has 1 fully saturated rings. The number of ether oxygens (including phenoxy) is 2. The van der Waals surface area contributed by atoms with Crippen LogP contribution in [0.4, 0.5) is 5.69 Å². The van der Waals surface area contributed by atoms with Crippen molar-refractivity contribution in [1.29, 1.82) is 0 Å². The number of amidine groups is 1. The molecule has 3 aromatic carbocycles. The van der Waals surface area contributed by atoms with Crippen molar-refractivity contribution in [1.82, 2.24) is 10.2 Å². The number of esters is 1. The van der Waals surface area contributed by atoms with Gasteiger partial charge in [0.1, 0.15) is 17.3 Å². The molecular weight excluding hydrogens is 462 g/mol. The molecule has 3 aromatic rings. The molecule has 1 N–H and O–H groups in total. The molecule has 35 heavy (non-hydrogen) atoms. The van der Waals surface area contributed by atoms with Crippen LogP contribution in [0.5, 0.6) is 11.5 Å². The molecule has 0 aliphatic carbocycles. The van der Waals surface area contributed by atoms with Gasteiger partial charge in [0.15, 0.2) is 5.75 Å². The molecule has 5 rings (SSSR count). The summed E-state index contributed by atoms with van der Waals surface area (Å²) < 4.78 is 11.3. The quantitative estimate of drug-likeness (QED) is 0.472. The van der Waals surface area contributed by atoms with E-state index in [0.717, 1.165) is 55.3 Å². The minimum Gasteiger partial charge on any atom is -0.462 e. The van der Waals surface area contributed by atoms with Crippen LogP contribution in [-0.2, 0) is 11.2 Å². The first kappa shape index (κ1) is 23.4. The van der Waals surface area contributed by atoms with E-state index in [-0.39, 0.29) is 5.97 Å². The molecule has 1 unspecified atom stereocenters. The molecule has 0 radical (unpaired) electrons. The predicted octanol–water partition coefficient (Wildman–Crippen LogP) is 5.61. The minimum absolute atomic E-state index is 0.278. The van der Waals surface area contributed by atoms with Crippen molar-refractivity contribution in [2.45, 2.75) is 25.8 Å². The standard InChI is InChI=1S/C28H28ClN3O3/c1-2-34-28(33)20-10-7-19(8-11-20)9-13-22-18-32(16-15-30-22)27-23-5-3-4-6-25(23)35-26-14-12-21(29)17-24(26)31-27/h3-8,10-12,14,17,22,30H,2,9,13,15-16,18H2,1H3. The van der Waals surface area contributed by atoms with Gasteiger partial charge in [0.05, 0.1) is 17.7 Å². The van der Waals surface area contributed by atoms with E-state index in [9.17, 15) is 4.79 Å². The maximum Gasteiger partial charge on any atom is 0.338 e. The van der Waals surface area contributed by atoms with Crippen LogP contribution >= 0.6 is 11.6 Å². The summed E-state index contributed by atoms with van der Waals surface area (Å²) in [5.41, 5.74) is 3.51. The zero-order valence-corrected chi connectivity index (χ0v) is 20.4. The zero-order valence-electron chi connectivity index (χ0n) is 19.7. The molecule has 0 amide bonds. The van der Waals surface area contributed by atoms with E-state index >= 15 is 0 Å². The van der Waals surface area contributed by atoms with Gasteiger partial charge in [-0.3, -0.25) is 0 Å². The van der Waals surface area contributed by atoms with E-state index < -0.39 is 0 Å². The smallest absolute Gasteiger partial charge is 0.338 e. The average molecular weight is 490 g/mol. The third-order valence-electron chi connectivity index (χ3n) is 6.30. The summed E-state index contributed by atoms with van der Waals surface area (Å²) in [5.74, 6) is 2.13. The molecule has 0 saturated carbocycles. The molecule has 0 aromatic heterocycles. The number of piperazine rings is 1. The monoisotopic (exact) mass is 489 g/mol. The third kappa shape index (κ3) is 5.34. The van der Waals surface area contributed by atoms with Crippen LogP contribution in [-0.4, -0.2) is 49.0 Å². The summed E-state index contributed by atoms with van der Waals surface area (Å²) in [5, 5.41) is 4.28. The molecule has 1 saturated heterocycles. The van der Waals surface area contributed by atoms with Crippen LogP contribution in [0.15, 0.2) is 71.7 Å². The Kier molecular flexibility index (Phi) is 7.02. The topological polar surface area (TPSA) is 63.2 Å². The maximum atomic E-state index is 11.9. The van der Waals surface area contributed by atoms with Gasteiger partial charge in [-0.2, -0.15) is 0 Å². The summed E-state index contributed by atoms with van der Waals surface area (Å²) in [6.07, 6.45) is 1.89. The van der Waals surface area contributed by atoms with Gasteiger partial charge in [0.25, 0.3) is 0 Å². The molecule has 1 atom stereocenters. The van der Waals surface area contributed by atoms with Crippen molar-refractivity contribution < 1.29 is 14.3 Å². The second-order valence-corrected chi connectivity index (χ2v) is 9.14. The van der Waals surface area contributed by atoms with E-state index in [1.54, 1.807) is 0 Å². The Hall–Kier alpha value is -3.35. The highest BCUT2D eigenvalue weighted by Gasteiger charge is 2.27. The largest absolute Gasteiger partial charge is 0.462 e. The third-order valence-corrected chi connectivity index (χ3v) is 6.53. The lowest BCUT2D eigenvalue weighted by Gasteiger charge is -2.36. The Labute approximate surface area is 210 Å². The first-order valence-corrected chi connectivity index (χ1v) is 12.4. The molecule has 2 heterocycles. The second-order valence-electron chi connectivity index (χ2n) is 8.70. The number of nitrogens with zero attached hydrogens (tertiary/aromatic N) is 2. The summed E-state index contributed by atoms with van der Waals surface area (Å²) in [7, 11) is 0. The van der Waals surface area contributed by atoms with Gasteiger partial charge in [-0.25, -0.2) is 9.79 Å². The number of carbonyl (C=O) groups is 1. The second kappa shape index (κ2) is 10.5. The van der Waals surface area contributed by atoms with Crippen LogP contribution in [0, 0.1) is 0 Å². The predicted molar refractivity (Wildman–Crippen MR) is 138 cm³/mol. The van der Waals surface area contributed by atoms with Gasteiger partial charge in [0, 0.05) is 30.7 Å². The lowest BCUT2D eigenvalue weighted by Crippen LogP contribution is -2.52. The van der Waals surface area contributed by atoms with E-state index in [1.807, 2.05) is 67.6 Å². The molecule has 0 bridgehead atoms. The fourth-order valence-electron chi connectivity index (χ4n) is 4.51. The van der Waals surface area contributed by atoms with Crippen molar-refractivity contribution >= 4 is 29.1 Å². The van der Waals surface area contributed by atoms with E-state index in [1.165, 1.54) is 5.56 Å². The van der Waals surface area contributed by atoms with E-state index in [2.05, 4.69) is 16.3 Å². The maximum absolute atomic E-state index is 11.9. The molecule has 0 spiro atoms. The number of carbonyl (C=O) groups excluding carboxylic acids is 1. The van der Waals surface area contributed by atoms with Gasteiger partial charge in [-0.05, 0) is 67.8 Å². The summed E-state index contributed by atoms with van der Waals surface area (Å²) in [6.45, 7) is 4.76. The number of para-hydroxylation sites is 1. The Morgan fingerprint density at radius 1 is 1.14 bits per heavy atom. The van der Waals surface area contributed by atoms with Crippen molar-refractivity contribution in [2.75, 3.05) is 26.2 Å². The number of rotatable bonds is 5. The van der Waals surface area contributed by atoms with E-state index in [4.69, 9.17) is 26.1 Å². The van der Waals surface area contributed by atoms with Crippen LogP contribution in [0.25, 0.3) is 0 Å². The van der Waals surface area contributed by atoms with Gasteiger partial charge in [-0.1, -0.05) is 35.9 Å². The van der Waals surface area contributed by atoms with E-state index in [0.29, 0.717) is 29.0 Å². The van der Waals surface area contributed by atoms with Crippen LogP contribution in [0.1, 0.15) is 34.8 Å². The highest BCUT2D eigenvalue weighted by atomic mass is 35.5. The highest BCUT2D eigenvalue weighted by molar-refractivity contribution is 6.31. The minimum atomic E-state index is -0.278. The fourth-order valence-corrected chi connectivity index (χ4v) is 4.68. The number of halogens is 1. The molecule has 6 nitrogen and oxygen atoms in total. The fraction of sp³-hybridized carbons (Fsp3) is 0.286. The molecule has 7 heteroatoms. The number of aliphatic imine (C=N–C) groups is 1. The lowest BCUT2D eigenvalue weighted by atomic mass is 10.0. The Balaban J connectivity index is 1.31. The average Bonchev–Trinajstić information content (AvgIpc) is 3.05. The van der Waals surface area contributed by atoms with Crippen LogP contribution in [0.2, 0.25) is 5.02 Å². The SMILES string of the molecule is CCOC(=O)c1ccc(CCC2CN(C3=Nc4cc(Cl)ccc4Oc4ccccc43)CCN2)cc1. The Morgan fingerprint density at radius 2 is 1.97 bits per heavy atom. The number of benzene rings is 3. The number of nitrogens with one attached hydrogen (secondary N) is 1. The van der Waals surface area contributed by atoms with Crippen molar-refractivity contribution in [3.63, 3.8) is 0 Å². The van der Waals surface area contributed by atoms with Crippen molar-refractivity contribution in [2.24, 2.45) is 4.99 Å². The van der Waals surface area contributed by atoms with Crippen molar-refractivity contribution in [3.05, 3.63) is 88.4 Å². The van der Waals surface area contributed by atoms with Gasteiger partial charge < -0.3 is 19.7 Å². The van der Waals surface area contributed by atoms with Crippen LogP contribution in [0.3, 0.4) is 0 Å². The summed E-state index contributed by atoms with van der Waals surface area (Å²) in [4.78, 5) is 19.2. The summed E-state index contributed by atoms with van der Waals surface area (Å²) in [6, 6.07) is 21.6. The van der Waals surface area contributed by atoms with Crippen molar-refractivity contribution in [3.8, 4) is 11.5 Å². The Morgan fingerprint density at radius 3 is 2.80 bits per heavy atom. The normalized spacial score (nSPS) is 16.9. The number of aryl methyl sites for hydroxylation is 1. The molecule has 2 aliphatic heterocycles. The zero-order chi connectivity index (χ0) is 24.2. The van der Waals surface area contributed by atoms with Gasteiger partial charge in [-0.15, -0.1) is 0 Å². The molecule has 2 aliphatic rings. The summed E-state index contributed by atoms with van der Waals surface area (Å²) >= 11 is 6.27. The molecular formula is C28H28ClN3O3. The molecule has 180 valence electrons. The first-order chi connectivity index (χ1) is 17.1. The Bertz CT molecular complexity index is 1240.